The van der Waals surface area contributed by atoms with Crippen LogP contribution in [-0.4, -0.2) is 21.6 Å². The summed E-state index contributed by atoms with van der Waals surface area (Å²) < 4.78 is 1.16. The lowest BCUT2D eigenvalue weighted by Crippen LogP contribution is -2.32. The fourth-order valence-electron chi connectivity index (χ4n) is 2.45. The first kappa shape index (κ1) is 17.5. The van der Waals surface area contributed by atoms with Crippen molar-refractivity contribution < 1.29 is 14.7 Å². The van der Waals surface area contributed by atoms with E-state index in [1.807, 2.05) is 30.3 Å². The van der Waals surface area contributed by atoms with Crippen molar-refractivity contribution in [2.24, 2.45) is 0 Å². The first-order chi connectivity index (χ1) is 11.4. The molecule has 0 bridgehead atoms. The second-order valence-corrected chi connectivity index (χ2v) is 5.61. The van der Waals surface area contributed by atoms with Crippen molar-refractivity contribution in [1.82, 2.24) is 4.57 Å². The zero-order chi connectivity index (χ0) is 17.7. The molecular weight excluding hydrogens is 308 g/mol. The number of aromatic nitrogens is 1. The number of carboxylic acids is 1. The summed E-state index contributed by atoms with van der Waals surface area (Å²) in [5.74, 6) is -1.39. The van der Waals surface area contributed by atoms with Gasteiger partial charge in [-0.3, -0.25) is 14.2 Å². The van der Waals surface area contributed by atoms with Gasteiger partial charge in [-0.2, -0.15) is 0 Å². The zero-order valence-corrected chi connectivity index (χ0v) is 13.7. The van der Waals surface area contributed by atoms with E-state index in [4.69, 9.17) is 5.11 Å². The van der Waals surface area contributed by atoms with E-state index in [1.54, 1.807) is 13.0 Å². The lowest BCUT2D eigenvalue weighted by Gasteiger charge is -2.16. The van der Waals surface area contributed by atoms with Gasteiger partial charge in [-0.25, -0.2) is 4.79 Å². The quantitative estimate of drug-likeness (QED) is 0.852. The molecule has 2 N–H and O–H groups in total. The molecule has 1 aromatic carbocycles. The first-order valence-electron chi connectivity index (χ1n) is 7.69. The number of aliphatic carboxylic acids is 1. The Labute approximate surface area is 139 Å². The van der Waals surface area contributed by atoms with Crippen molar-refractivity contribution in [2.45, 2.75) is 32.7 Å². The number of nitrogens with zero attached hydrogens (tertiary/aromatic N) is 1. The van der Waals surface area contributed by atoms with E-state index in [1.165, 1.54) is 13.0 Å². The summed E-state index contributed by atoms with van der Waals surface area (Å²) in [7, 11) is 0. The highest BCUT2D eigenvalue weighted by Crippen LogP contribution is 2.11. The monoisotopic (exact) mass is 328 g/mol. The number of pyridine rings is 1. The molecule has 0 aliphatic rings. The molecule has 2 rings (SSSR count). The maximum Gasteiger partial charge on any atom is 0.326 e. The van der Waals surface area contributed by atoms with Gasteiger partial charge in [-0.15, -0.1) is 0 Å². The fraction of sp³-hybridized carbons (Fsp3) is 0.278. The Morgan fingerprint density at radius 1 is 1.17 bits per heavy atom. The molecule has 0 fully saturated rings. The number of carbonyl (C=O) groups is 2. The molecule has 1 unspecified atom stereocenters. The third kappa shape index (κ3) is 4.10. The average molecular weight is 328 g/mol. The van der Waals surface area contributed by atoms with Crippen molar-refractivity contribution in [2.75, 3.05) is 5.32 Å². The molecule has 6 nitrogen and oxygen atoms in total. The van der Waals surface area contributed by atoms with Gasteiger partial charge >= 0.3 is 5.97 Å². The molecular formula is C18H20N2O4. The maximum atomic E-state index is 12.4. The predicted molar refractivity (Wildman–Crippen MR) is 91.2 cm³/mol. The molecule has 1 amide bonds. The number of nitrogens with one attached hydrogen (secondary N) is 1. The number of carboxylic acid groups (broad SMARTS) is 1. The number of carbonyl (C=O) groups excluding carboxylic acids is 1. The van der Waals surface area contributed by atoms with Gasteiger partial charge < -0.3 is 10.4 Å². The Kier molecular flexibility index (Phi) is 5.52. The first-order valence-corrected chi connectivity index (χ1v) is 7.69. The van der Waals surface area contributed by atoms with Crippen LogP contribution in [0.4, 0.5) is 5.69 Å². The summed E-state index contributed by atoms with van der Waals surface area (Å²) in [6, 6.07) is 11.7. The van der Waals surface area contributed by atoms with Crippen LogP contribution in [0, 0.1) is 6.92 Å². The summed E-state index contributed by atoms with van der Waals surface area (Å²) in [5.41, 5.74) is 1.13. The standard InChI is InChI=1S/C18H20N2O4/c1-12-8-10-15(17(22)20(12)13(2)18(23)24)19-16(21)11-9-14-6-4-3-5-7-14/h3-8,10,13H,9,11H2,1-2H3,(H,19,21)(H,23,24). The van der Waals surface area contributed by atoms with Gasteiger partial charge in [0.15, 0.2) is 0 Å². The number of benzene rings is 1. The molecule has 0 radical (unpaired) electrons. The number of hydrogen-bond acceptors (Lipinski definition) is 3. The van der Waals surface area contributed by atoms with Gasteiger partial charge in [0.25, 0.3) is 5.56 Å². The number of amides is 1. The minimum absolute atomic E-state index is 0.0896. The van der Waals surface area contributed by atoms with E-state index in [2.05, 4.69) is 5.32 Å². The van der Waals surface area contributed by atoms with Crippen LogP contribution in [0.3, 0.4) is 0 Å². The molecule has 0 spiro atoms. The second kappa shape index (κ2) is 7.59. The lowest BCUT2D eigenvalue weighted by molar-refractivity contribution is -0.140. The van der Waals surface area contributed by atoms with E-state index in [0.29, 0.717) is 12.1 Å². The van der Waals surface area contributed by atoms with Crippen LogP contribution >= 0.6 is 0 Å². The third-order valence-electron chi connectivity index (χ3n) is 3.82. The average Bonchev–Trinajstić information content (AvgIpc) is 2.56. The molecule has 24 heavy (non-hydrogen) atoms. The summed E-state index contributed by atoms with van der Waals surface area (Å²) in [6.45, 7) is 3.08. The van der Waals surface area contributed by atoms with Crippen LogP contribution < -0.4 is 10.9 Å². The molecule has 0 saturated heterocycles. The van der Waals surface area contributed by atoms with Crippen molar-refractivity contribution in [3.8, 4) is 0 Å². The van der Waals surface area contributed by atoms with Crippen LogP contribution in [0.25, 0.3) is 0 Å². The highest BCUT2D eigenvalue weighted by Gasteiger charge is 2.19. The Morgan fingerprint density at radius 2 is 1.83 bits per heavy atom. The molecule has 126 valence electrons. The van der Waals surface area contributed by atoms with Crippen LogP contribution in [0.5, 0.6) is 0 Å². The van der Waals surface area contributed by atoms with Crippen molar-refractivity contribution in [3.63, 3.8) is 0 Å². The smallest absolute Gasteiger partial charge is 0.326 e. The summed E-state index contributed by atoms with van der Waals surface area (Å²) in [4.78, 5) is 35.6. The molecule has 0 aliphatic carbocycles. The zero-order valence-electron chi connectivity index (χ0n) is 13.7. The van der Waals surface area contributed by atoms with Crippen molar-refractivity contribution in [1.29, 1.82) is 0 Å². The van der Waals surface area contributed by atoms with Gasteiger partial charge in [0, 0.05) is 12.1 Å². The number of aryl methyl sites for hydroxylation is 2. The number of anilines is 1. The number of rotatable bonds is 6. The normalized spacial score (nSPS) is 11.8. The van der Waals surface area contributed by atoms with E-state index in [0.717, 1.165) is 10.1 Å². The maximum absolute atomic E-state index is 12.4. The molecule has 1 heterocycles. The van der Waals surface area contributed by atoms with Crippen LogP contribution in [0.2, 0.25) is 0 Å². The Balaban J connectivity index is 2.12. The molecule has 1 atom stereocenters. The topological polar surface area (TPSA) is 88.4 Å². The molecule has 6 heteroatoms. The van der Waals surface area contributed by atoms with Gasteiger partial charge in [0.05, 0.1) is 0 Å². The van der Waals surface area contributed by atoms with Gasteiger partial charge in [-0.1, -0.05) is 30.3 Å². The van der Waals surface area contributed by atoms with E-state index in [9.17, 15) is 14.4 Å². The molecule has 1 aromatic heterocycles. The Hall–Kier alpha value is -2.89. The Morgan fingerprint density at radius 3 is 2.46 bits per heavy atom. The summed E-state index contributed by atoms with van der Waals surface area (Å²) in [5, 5.41) is 11.7. The minimum atomic E-state index is -1.10. The predicted octanol–water partition coefficient (Wildman–Crippen LogP) is 2.37. The summed E-state index contributed by atoms with van der Waals surface area (Å²) in [6.07, 6.45) is 0.810. The molecule has 2 aromatic rings. The van der Waals surface area contributed by atoms with E-state index >= 15 is 0 Å². The largest absolute Gasteiger partial charge is 0.480 e. The fourth-order valence-corrected chi connectivity index (χ4v) is 2.45. The SMILES string of the molecule is Cc1ccc(NC(=O)CCc2ccccc2)c(=O)n1C(C)C(=O)O. The summed E-state index contributed by atoms with van der Waals surface area (Å²) >= 11 is 0. The van der Waals surface area contributed by atoms with Crippen LogP contribution in [0.1, 0.15) is 30.6 Å². The number of hydrogen-bond donors (Lipinski definition) is 2. The van der Waals surface area contributed by atoms with E-state index < -0.39 is 17.6 Å². The van der Waals surface area contributed by atoms with Crippen molar-refractivity contribution in [3.05, 3.63) is 64.1 Å². The molecule has 0 aliphatic heterocycles. The van der Waals surface area contributed by atoms with Crippen LogP contribution in [-0.2, 0) is 16.0 Å². The van der Waals surface area contributed by atoms with E-state index in [-0.39, 0.29) is 18.0 Å². The van der Waals surface area contributed by atoms with Gasteiger partial charge in [0.2, 0.25) is 5.91 Å². The van der Waals surface area contributed by atoms with Crippen molar-refractivity contribution >= 4 is 17.6 Å². The highest BCUT2D eigenvalue weighted by molar-refractivity contribution is 5.90. The lowest BCUT2D eigenvalue weighted by atomic mass is 10.1. The Bertz CT molecular complexity index is 796. The highest BCUT2D eigenvalue weighted by atomic mass is 16.4. The van der Waals surface area contributed by atoms with Gasteiger partial charge in [-0.05, 0) is 38.0 Å². The second-order valence-electron chi connectivity index (χ2n) is 5.61. The molecule has 0 saturated carbocycles. The van der Waals surface area contributed by atoms with Gasteiger partial charge in [0.1, 0.15) is 11.7 Å². The van der Waals surface area contributed by atoms with Crippen LogP contribution in [0.15, 0.2) is 47.3 Å². The third-order valence-corrected chi connectivity index (χ3v) is 3.82. The minimum Gasteiger partial charge on any atom is -0.480 e.